The Hall–Kier alpha value is -4.25. The molecule has 2 atom stereocenters. The van der Waals surface area contributed by atoms with Gasteiger partial charge in [0.2, 0.25) is 0 Å². The summed E-state index contributed by atoms with van der Waals surface area (Å²) in [4.78, 5) is 19.8. The molecule has 6 rings (SSSR count). The van der Waals surface area contributed by atoms with Crippen molar-refractivity contribution in [2.75, 3.05) is 11.4 Å². The lowest BCUT2D eigenvalue weighted by atomic mass is 9.84. The van der Waals surface area contributed by atoms with Gasteiger partial charge < -0.3 is 9.80 Å². The van der Waals surface area contributed by atoms with E-state index in [1.54, 1.807) is 0 Å². The van der Waals surface area contributed by atoms with Crippen LogP contribution < -0.4 is 4.90 Å². The van der Waals surface area contributed by atoms with Crippen LogP contribution in [0.1, 0.15) is 130 Å². The number of para-hydroxylation sites is 1. The van der Waals surface area contributed by atoms with Gasteiger partial charge in [-0.2, -0.15) is 10.2 Å². The molecule has 5 nitrogen and oxygen atoms in total. The summed E-state index contributed by atoms with van der Waals surface area (Å²) in [7, 11) is 0. The van der Waals surface area contributed by atoms with E-state index >= 15 is 4.79 Å². The number of carbonyl (C=O) groups excluding carboxylic acids is 1. The van der Waals surface area contributed by atoms with Crippen LogP contribution in [0.4, 0.5) is 11.4 Å². The molecule has 250 valence electrons. The van der Waals surface area contributed by atoms with Gasteiger partial charge in [0.25, 0.3) is 5.91 Å². The molecular weight excluding hydrogens is 589 g/mol. The van der Waals surface area contributed by atoms with E-state index in [1.165, 1.54) is 16.7 Å². The quantitative estimate of drug-likeness (QED) is 0.180. The fraction of sp³-hybridized carbons (Fsp3) is 0.419. The lowest BCUT2D eigenvalue weighted by Gasteiger charge is -2.37. The topological polar surface area (TPSA) is 48.3 Å². The summed E-state index contributed by atoms with van der Waals surface area (Å²) in [6, 6.07) is 32.1. The fourth-order valence-corrected chi connectivity index (χ4v) is 7.56. The maximum absolute atomic E-state index is 15.2. The van der Waals surface area contributed by atoms with Gasteiger partial charge in [-0.3, -0.25) is 4.79 Å². The van der Waals surface area contributed by atoms with Gasteiger partial charge in [-0.25, -0.2) is 0 Å². The largest absolute Gasteiger partial charge is 0.344 e. The van der Waals surface area contributed by atoms with Gasteiger partial charge in [0.15, 0.2) is 0 Å². The van der Waals surface area contributed by atoms with Gasteiger partial charge in [-0.05, 0) is 69.2 Å². The predicted octanol–water partition coefficient (Wildman–Crippen LogP) is 11.2. The monoisotopic (exact) mass is 640 g/mol. The highest BCUT2D eigenvalue weighted by atomic mass is 16.2. The van der Waals surface area contributed by atoms with Crippen LogP contribution in [0.3, 0.4) is 0 Å². The molecule has 5 heteroatoms. The molecule has 1 fully saturated rings. The standard InChI is InChI=1S/C43H52N4O/c1-28(2)32-25-35(29(3)4)39(36(26-32)30(5)6)40(48)46-24-23-43(45-44-34-21-19-33(20-22-34)42(7,8)9)37-17-13-14-18-38(37)47(41(43)46)27-31-15-11-10-12-16-31/h10-22,25-26,28-30,41H,23-24,27H2,1-9H3/t41-,43-/m0/s1. The molecule has 2 aliphatic heterocycles. The molecular formula is C43H52N4O. The summed E-state index contributed by atoms with van der Waals surface area (Å²) in [5.74, 6) is 0.904. The van der Waals surface area contributed by atoms with Crippen molar-refractivity contribution in [1.82, 2.24) is 4.90 Å². The fourth-order valence-electron chi connectivity index (χ4n) is 7.56. The molecule has 1 amide bonds. The molecule has 48 heavy (non-hydrogen) atoms. The minimum atomic E-state index is -0.697. The molecule has 2 heterocycles. The number of rotatable bonds is 8. The van der Waals surface area contributed by atoms with Crippen molar-refractivity contribution < 1.29 is 4.79 Å². The van der Waals surface area contributed by atoms with Gasteiger partial charge in [-0.1, -0.05) is 135 Å². The van der Waals surface area contributed by atoms with Gasteiger partial charge in [-0.15, -0.1) is 0 Å². The van der Waals surface area contributed by atoms with Crippen LogP contribution in [-0.2, 0) is 17.5 Å². The highest BCUT2D eigenvalue weighted by Gasteiger charge is 2.59. The first-order valence-electron chi connectivity index (χ1n) is 17.7. The third-order valence-electron chi connectivity index (χ3n) is 10.3. The number of azo groups is 1. The van der Waals surface area contributed by atoms with E-state index in [4.69, 9.17) is 10.2 Å². The zero-order valence-electron chi connectivity index (χ0n) is 30.3. The smallest absolute Gasteiger partial charge is 0.256 e. The molecule has 0 unspecified atom stereocenters. The number of fused-ring (bicyclic) bond motifs is 3. The molecule has 0 spiro atoms. The Bertz CT molecular complexity index is 1770. The highest BCUT2D eigenvalue weighted by molar-refractivity contribution is 5.99. The number of hydrogen-bond donors (Lipinski definition) is 0. The van der Waals surface area contributed by atoms with E-state index in [0.29, 0.717) is 25.4 Å². The van der Waals surface area contributed by atoms with Crippen LogP contribution in [0.25, 0.3) is 0 Å². The summed E-state index contributed by atoms with van der Waals surface area (Å²) >= 11 is 0. The first-order valence-corrected chi connectivity index (χ1v) is 17.7. The minimum absolute atomic E-state index is 0.0607. The zero-order valence-corrected chi connectivity index (χ0v) is 30.3. The Kier molecular flexibility index (Phi) is 9.10. The van der Waals surface area contributed by atoms with Crippen molar-refractivity contribution in [3.05, 3.63) is 130 Å². The number of carbonyl (C=O) groups is 1. The van der Waals surface area contributed by atoms with Crippen molar-refractivity contribution in [1.29, 1.82) is 0 Å². The van der Waals surface area contributed by atoms with Crippen molar-refractivity contribution in [2.45, 2.75) is 110 Å². The molecule has 0 aromatic heterocycles. The van der Waals surface area contributed by atoms with E-state index in [0.717, 1.165) is 33.6 Å². The van der Waals surface area contributed by atoms with E-state index in [2.05, 4.69) is 163 Å². The van der Waals surface area contributed by atoms with E-state index in [-0.39, 0.29) is 29.3 Å². The summed E-state index contributed by atoms with van der Waals surface area (Å²) in [6.45, 7) is 21.2. The van der Waals surface area contributed by atoms with Gasteiger partial charge in [0.05, 0.1) is 5.69 Å². The highest BCUT2D eigenvalue weighted by Crippen LogP contribution is 2.54. The first-order chi connectivity index (χ1) is 22.8. The molecule has 1 saturated heterocycles. The lowest BCUT2D eigenvalue weighted by molar-refractivity contribution is 0.0706. The number of anilines is 1. The Balaban J connectivity index is 1.50. The van der Waals surface area contributed by atoms with Crippen molar-refractivity contribution >= 4 is 17.3 Å². The minimum Gasteiger partial charge on any atom is -0.344 e. The molecule has 0 saturated carbocycles. The second kappa shape index (κ2) is 13.0. The Morgan fingerprint density at radius 2 is 1.42 bits per heavy atom. The summed E-state index contributed by atoms with van der Waals surface area (Å²) < 4.78 is 0. The van der Waals surface area contributed by atoms with Crippen LogP contribution in [0, 0.1) is 0 Å². The summed E-state index contributed by atoms with van der Waals surface area (Å²) in [5, 5.41) is 10.2. The van der Waals surface area contributed by atoms with Crippen LogP contribution >= 0.6 is 0 Å². The third-order valence-corrected chi connectivity index (χ3v) is 10.3. The maximum atomic E-state index is 15.2. The molecule has 0 N–H and O–H groups in total. The maximum Gasteiger partial charge on any atom is 0.256 e. The SMILES string of the molecule is CC(C)c1cc(C(C)C)c(C(=O)N2CC[C@]3(N=Nc4ccc(C(C)(C)C)cc4)c4ccccc4N(Cc4ccccc4)[C@H]23)c(C(C)C)c1. The zero-order chi connectivity index (χ0) is 34.4. The number of likely N-dealkylation sites (tertiary alicyclic amines) is 1. The Labute approximate surface area is 288 Å². The predicted molar refractivity (Wildman–Crippen MR) is 199 cm³/mol. The Morgan fingerprint density at radius 1 is 0.812 bits per heavy atom. The molecule has 2 aliphatic rings. The van der Waals surface area contributed by atoms with Crippen molar-refractivity contribution in [2.24, 2.45) is 10.2 Å². The third kappa shape index (κ3) is 6.08. The summed E-state index contributed by atoms with van der Waals surface area (Å²) in [6.07, 6.45) is 0.387. The average molecular weight is 641 g/mol. The van der Waals surface area contributed by atoms with Crippen LogP contribution in [0.2, 0.25) is 0 Å². The lowest BCUT2D eigenvalue weighted by Crippen LogP contribution is -2.51. The first kappa shape index (κ1) is 33.6. The molecule has 0 radical (unpaired) electrons. The van der Waals surface area contributed by atoms with Crippen LogP contribution in [-0.4, -0.2) is 23.5 Å². The average Bonchev–Trinajstić information content (AvgIpc) is 3.57. The second-order valence-corrected chi connectivity index (χ2v) is 15.7. The van der Waals surface area contributed by atoms with Crippen molar-refractivity contribution in [3.63, 3.8) is 0 Å². The normalized spacial score (nSPS) is 19.2. The summed E-state index contributed by atoms with van der Waals surface area (Å²) in [5.41, 5.74) is 9.34. The molecule has 4 aromatic rings. The molecule has 0 bridgehead atoms. The molecule has 4 aromatic carbocycles. The van der Waals surface area contributed by atoms with Gasteiger partial charge in [0, 0.05) is 36.3 Å². The van der Waals surface area contributed by atoms with Crippen LogP contribution in [0.15, 0.2) is 101 Å². The van der Waals surface area contributed by atoms with Crippen LogP contribution in [0.5, 0.6) is 0 Å². The Morgan fingerprint density at radius 3 is 2.00 bits per heavy atom. The number of amides is 1. The van der Waals surface area contributed by atoms with Gasteiger partial charge >= 0.3 is 0 Å². The van der Waals surface area contributed by atoms with E-state index < -0.39 is 5.54 Å². The van der Waals surface area contributed by atoms with Gasteiger partial charge in [0.1, 0.15) is 11.7 Å². The van der Waals surface area contributed by atoms with E-state index in [1.807, 2.05) is 0 Å². The van der Waals surface area contributed by atoms with E-state index in [9.17, 15) is 0 Å². The second-order valence-electron chi connectivity index (χ2n) is 15.7. The number of hydrogen-bond acceptors (Lipinski definition) is 4. The van der Waals surface area contributed by atoms with Crippen molar-refractivity contribution in [3.8, 4) is 0 Å². The number of nitrogens with zero attached hydrogens (tertiary/aromatic N) is 4. The number of benzene rings is 4. The molecule has 0 aliphatic carbocycles.